The molecule has 0 radical (unpaired) electrons. The molecule has 0 aliphatic carbocycles. The Morgan fingerprint density at radius 2 is 2.21 bits per heavy atom. The molecule has 0 aromatic rings. The third-order valence-electron chi connectivity index (χ3n) is 3.28. The van der Waals surface area contributed by atoms with Gasteiger partial charge in [0.15, 0.2) is 0 Å². The van der Waals surface area contributed by atoms with Crippen LogP contribution in [0.2, 0.25) is 0 Å². The molecule has 0 aromatic heterocycles. The molecule has 2 saturated heterocycles. The molecule has 0 saturated carbocycles. The molecule has 2 fully saturated rings. The minimum atomic E-state index is 0.369. The Bertz CT molecular complexity index is 227. The van der Waals surface area contributed by atoms with Crippen LogP contribution >= 0.6 is 0 Å². The molecule has 3 atom stereocenters. The SMILES string of the molecule is NNC(N)=NC1CCN2CCCC1C2. The number of hydrogen-bond acceptors (Lipinski definition) is 3. The molecular formula is C9H19N5. The van der Waals surface area contributed by atoms with Crippen molar-refractivity contribution in [3.8, 4) is 0 Å². The number of nitrogens with two attached hydrogens (primary N) is 2. The first-order chi connectivity index (χ1) is 6.79. The van der Waals surface area contributed by atoms with Crippen LogP contribution in [0.15, 0.2) is 4.99 Å². The van der Waals surface area contributed by atoms with Gasteiger partial charge in [-0.25, -0.2) is 10.8 Å². The van der Waals surface area contributed by atoms with Crippen LogP contribution in [-0.4, -0.2) is 36.5 Å². The second kappa shape index (κ2) is 4.14. The highest BCUT2D eigenvalue weighted by Gasteiger charge is 2.31. The lowest BCUT2D eigenvalue weighted by Gasteiger charge is -2.41. The number of guanidine groups is 1. The molecule has 0 amide bonds. The summed E-state index contributed by atoms with van der Waals surface area (Å²) in [5, 5.41) is 0. The Morgan fingerprint density at radius 1 is 1.36 bits per heavy atom. The highest BCUT2D eigenvalue weighted by Crippen LogP contribution is 2.28. The number of hydrogen-bond donors (Lipinski definition) is 3. The maximum absolute atomic E-state index is 5.57. The number of aliphatic imine (C=N–C) groups is 1. The second-order valence-electron chi connectivity index (χ2n) is 4.22. The normalized spacial score (nSPS) is 38.1. The molecular weight excluding hydrogens is 178 g/mol. The number of piperidine rings is 2. The van der Waals surface area contributed by atoms with E-state index >= 15 is 0 Å². The van der Waals surface area contributed by atoms with E-state index in [1.54, 1.807) is 0 Å². The summed E-state index contributed by atoms with van der Waals surface area (Å²) in [4.78, 5) is 6.93. The van der Waals surface area contributed by atoms with Crippen LogP contribution in [0.4, 0.5) is 0 Å². The fourth-order valence-corrected chi connectivity index (χ4v) is 2.54. The number of nitrogens with one attached hydrogen (secondary N) is 1. The first-order valence-corrected chi connectivity index (χ1v) is 5.32. The van der Waals surface area contributed by atoms with E-state index in [1.807, 2.05) is 0 Å². The standard InChI is InChI=1S/C9H19N5/c10-9(13-11)12-8-3-5-14-4-1-2-7(8)6-14/h7-8H,1-6,11H2,(H3,10,12,13). The quantitative estimate of drug-likeness (QED) is 0.224. The van der Waals surface area contributed by atoms with Gasteiger partial charge in [-0.2, -0.15) is 0 Å². The first-order valence-electron chi connectivity index (χ1n) is 5.32. The lowest BCUT2D eigenvalue weighted by Crippen LogP contribution is -2.48. The minimum Gasteiger partial charge on any atom is -0.369 e. The van der Waals surface area contributed by atoms with E-state index in [9.17, 15) is 0 Å². The summed E-state index contributed by atoms with van der Waals surface area (Å²) in [6.07, 6.45) is 3.70. The Balaban J connectivity index is 1.99. The van der Waals surface area contributed by atoms with Gasteiger partial charge in [-0.05, 0) is 31.7 Å². The summed E-state index contributed by atoms with van der Waals surface area (Å²) in [6, 6.07) is 0.377. The fraction of sp³-hybridized carbons (Fsp3) is 0.889. The molecule has 2 heterocycles. The van der Waals surface area contributed by atoms with E-state index in [2.05, 4.69) is 15.3 Å². The molecule has 80 valence electrons. The van der Waals surface area contributed by atoms with E-state index < -0.39 is 0 Å². The van der Waals surface area contributed by atoms with E-state index in [0.29, 0.717) is 17.9 Å². The summed E-state index contributed by atoms with van der Waals surface area (Å²) in [5.41, 5.74) is 7.97. The minimum absolute atomic E-state index is 0.369. The van der Waals surface area contributed by atoms with Crippen molar-refractivity contribution in [3.63, 3.8) is 0 Å². The lowest BCUT2D eigenvalue weighted by molar-refractivity contribution is 0.107. The fourth-order valence-electron chi connectivity index (χ4n) is 2.54. The predicted octanol–water partition coefficient (Wildman–Crippen LogP) is -0.751. The number of rotatable bonds is 1. The van der Waals surface area contributed by atoms with Gasteiger partial charge in [-0.3, -0.25) is 5.43 Å². The van der Waals surface area contributed by atoms with Crippen molar-refractivity contribution in [2.24, 2.45) is 22.5 Å². The van der Waals surface area contributed by atoms with Crippen molar-refractivity contribution >= 4 is 5.96 Å². The van der Waals surface area contributed by atoms with Crippen molar-refractivity contribution in [2.45, 2.75) is 25.3 Å². The Labute approximate surface area is 84.5 Å². The van der Waals surface area contributed by atoms with Crippen molar-refractivity contribution in [2.75, 3.05) is 19.6 Å². The van der Waals surface area contributed by atoms with Gasteiger partial charge >= 0.3 is 0 Å². The van der Waals surface area contributed by atoms with Gasteiger partial charge in [-0.1, -0.05) is 0 Å². The van der Waals surface area contributed by atoms with Gasteiger partial charge in [0.1, 0.15) is 0 Å². The van der Waals surface area contributed by atoms with Crippen molar-refractivity contribution in [1.82, 2.24) is 10.3 Å². The zero-order chi connectivity index (χ0) is 9.97. The summed E-state index contributed by atoms with van der Waals surface area (Å²) >= 11 is 0. The van der Waals surface area contributed by atoms with E-state index in [0.717, 1.165) is 13.0 Å². The Hall–Kier alpha value is -0.810. The van der Waals surface area contributed by atoms with Crippen LogP contribution in [0.5, 0.6) is 0 Å². The van der Waals surface area contributed by atoms with Crippen LogP contribution in [0.25, 0.3) is 0 Å². The molecule has 0 aromatic carbocycles. The highest BCUT2D eigenvalue weighted by molar-refractivity contribution is 5.77. The van der Waals surface area contributed by atoms with Crippen LogP contribution in [0.1, 0.15) is 19.3 Å². The summed E-state index contributed by atoms with van der Waals surface area (Å²) in [6.45, 7) is 3.60. The van der Waals surface area contributed by atoms with Crippen LogP contribution in [0, 0.1) is 5.92 Å². The second-order valence-corrected chi connectivity index (χ2v) is 4.22. The molecule has 5 nitrogen and oxygen atoms in total. The monoisotopic (exact) mass is 197 g/mol. The third kappa shape index (κ3) is 1.99. The number of fused-ring (bicyclic) bond motifs is 2. The predicted molar refractivity (Wildman–Crippen MR) is 56.5 cm³/mol. The molecule has 14 heavy (non-hydrogen) atoms. The average Bonchev–Trinajstić information content (AvgIpc) is 2.23. The molecule has 3 unspecified atom stereocenters. The van der Waals surface area contributed by atoms with Gasteiger partial charge in [0.2, 0.25) is 5.96 Å². The molecule has 5 N–H and O–H groups in total. The molecule has 0 spiro atoms. The number of hydrazine groups is 1. The van der Waals surface area contributed by atoms with Crippen LogP contribution < -0.4 is 17.0 Å². The molecule has 2 aliphatic rings. The van der Waals surface area contributed by atoms with Gasteiger partial charge in [0.25, 0.3) is 0 Å². The van der Waals surface area contributed by atoms with Crippen molar-refractivity contribution in [3.05, 3.63) is 0 Å². The van der Waals surface area contributed by atoms with E-state index in [4.69, 9.17) is 11.6 Å². The first kappa shape index (κ1) is 9.73. The summed E-state index contributed by atoms with van der Waals surface area (Å²) < 4.78 is 0. The number of nitrogens with zero attached hydrogens (tertiary/aromatic N) is 2. The van der Waals surface area contributed by atoms with Crippen molar-refractivity contribution in [1.29, 1.82) is 0 Å². The average molecular weight is 197 g/mol. The maximum Gasteiger partial charge on any atom is 0.203 e. The Morgan fingerprint density at radius 3 is 3.00 bits per heavy atom. The topological polar surface area (TPSA) is 79.7 Å². The lowest BCUT2D eigenvalue weighted by atomic mass is 9.85. The molecule has 2 rings (SSSR count). The smallest absolute Gasteiger partial charge is 0.203 e. The molecule has 2 aliphatic heterocycles. The van der Waals surface area contributed by atoms with Gasteiger partial charge < -0.3 is 10.6 Å². The highest BCUT2D eigenvalue weighted by atomic mass is 15.3. The van der Waals surface area contributed by atoms with E-state index in [1.165, 1.54) is 25.9 Å². The Kier molecular flexibility index (Phi) is 2.88. The summed E-state index contributed by atoms with van der Waals surface area (Å²) in [5.74, 6) is 6.26. The van der Waals surface area contributed by atoms with Crippen molar-refractivity contribution < 1.29 is 0 Å². The zero-order valence-corrected chi connectivity index (χ0v) is 8.45. The van der Waals surface area contributed by atoms with Gasteiger partial charge in [0.05, 0.1) is 6.04 Å². The van der Waals surface area contributed by atoms with Gasteiger partial charge in [0, 0.05) is 13.1 Å². The maximum atomic E-state index is 5.57. The zero-order valence-electron chi connectivity index (χ0n) is 8.45. The van der Waals surface area contributed by atoms with Crippen LogP contribution in [-0.2, 0) is 0 Å². The third-order valence-corrected chi connectivity index (χ3v) is 3.28. The van der Waals surface area contributed by atoms with Gasteiger partial charge in [-0.15, -0.1) is 0 Å². The molecule has 2 bridgehead atoms. The van der Waals surface area contributed by atoms with E-state index in [-0.39, 0.29) is 0 Å². The summed E-state index contributed by atoms with van der Waals surface area (Å²) in [7, 11) is 0. The van der Waals surface area contributed by atoms with Crippen LogP contribution in [0.3, 0.4) is 0 Å². The molecule has 5 heteroatoms. The largest absolute Gasteiger partial charge is 0.369 e.